The molecule has 2 N–H and O–H groups in total. The van der Waals surface area contributed by atoms with Gasteiger partial charge in [-0.05, 0) is 36.8 Å². The SMILES string of the molecule is C[C@H](NCC(=O)Nc1ccc(Cl)cc1)c1ccccc1. The van der Waals surface area contributed by atoms with Crippen LogP contribution >= 0.6 is 11.6 Å². The van der Waals surface area contributed by atoms with Crippen LogP contribution in [-0.2, 0) is 4.79 Å². The topological polar surface area (TPSA) is 41.1 Å². The van der Waals surface area contributed by atoms with Gasteiger partial charge in [-0.15, -0.1) is 0 Å². The first-order valence-corrected chi connectivity index (χ1v) is 6.86. The molecule has 0 saturated carbocycles. The molecule has 2 aromatic carbocycles. The summed E-state index contributed by atoms with van der Waals surface area (Å²) in [6.45, 7) is 2.30. The third-order valence-electron chi connectivity index (χ3n) is 3.00. The summed E-state index contributed by atoms with van der Waals surface area (Å²) in [4.78, 5) is 11.8. The Morgan fingerprint density at radius 3 is 2.40 bits per heavy atom. The van der Waals surface area contributed by atoms with E-state index in [9.17, 15) is 4.79 Å². The molecule has 0 fully saturated rings. The van der Waals surface area contributed by atoms with Crippen LogP contribution in [0.2, 0.25) is 5.02 Å². The number of rotatable bonds is 5. The zero-order valence-corrected chi connectivity index (χ0v) is 12.0. The number of amides is 1. The molecule has 0 heterocycles. The van der Waals surface area contributed by atoms with Crippen LogP contribution in [0.1, 0.15) is 18.5 Å². The smallest absolute Gasteiger partial charge is 0.238 e. The van der Waals surface area contributed by atoms with E-state index in [1.807, 2.05) is 37.3 Å². The van der Waals surface area contributed by atoms with E-state index in [0.717, 1.165) is 11.3 Å². The third-order valence-corrected chi connectivity index (χ3v) is 3.25. The second-order valence-electron chi connectivity index (χ2n) is 4.57. The molecule has 0 radical (unpaired) electrons. The van der Waals surface area contributed by atoms with Crippen LogP contribution in [0, 0.1) is 0 Å². The van der Waals surface area contributed by atoms with Crippen molar-refractivity contribution in [3.8, 4) is 0 Å². The van der Waals surface area contributed by atoms with Crippen molar-refractivity contribution in [2.75, 3.05) is 11.9 Å². The first-order chi connectivity index (χ1) is 9.65. The van der Waals surface area contributed by atoms with Crippen LogP contribution < -0.4 is 10.6 Å². The van der Waals surface area contributed by atoms with Crippen LogP contribution in [0.25, 0.3) is 0 Å². The van der Waals surface area contributed by atoms with Crippen molar-refractivity contribution in [2.24, 2.45) is 0 Å². The van der Waals surface area contributed by atoms with Gasteiger partial charge in [-0.2, -0.15) is 0 Å². The van der Waals surface area contributed by atoms with Crippen LogP contribution in [0.4, 0.5) is 5.69 Å². The van der Waals surface area contributed by atoms with E-state index in [1.165, 1.54) is 0 Å². The molecule has 0 aliphatic carbocycles. The van der Waals surface area contributed by atoms with Gasteiger partial charge < -0.3 is 10.6 Å². The number of benzene rings is 2. The Bertz CT molecular complexity index is 554. The normalized spacial score (nSPS) is 11.9. The van der Waals surface area contributed by atoms with Gasteiger partial charge in [-0.3, -0.25) is 4.79 Å². The molecule has 20 heavy (non-hydrogen) atoms. The average molecular weight is 289 g/mol. The molecule has 3 nitrogen and oxygen atoms in total. The number of carbonyl (C=O) groups is 1. The molecule has 0 aliphatic rings. The lowest BCUT2D eigenvalue weighted by atomic mass is 10.1. The summed E-state index contributed by atoms with van der Waals surface area (Å²) < 4.78 is 0. The molecule has 104 valence electrons. The Kier molecular flexibility index (Phi) is 5.16. The second kappa shape index (κ2) is 7.08. The molecule has 0 unspecified atom stereocenters. The highest BCUT2D eigenvalue weighted by molar-refractivity contribution is 6.30. The third kappa shape index (κ3) is 4.37. The first kappa shape index (κ1) is 14.6. The number of anilines is 1. The van der Waals surface area contributed by atoms with E-state index in [1.54, 1.807) is 24.3 Å². The maximum Gasteiger partial charge on any atom is 0.238 e. The van der Waals surface area contributed by atoms with Crippen molar-refractivity contribution in [3.05, 3.63) is 65.2 Å². The predicted octanol–water partition coefficient (Wildman–Crippen LogP) is 3.63. The molecule has 0 aromatic heterocycles. The van der Waals surface area contributed by atoms with Crippen LogP contribution in [0.3, 0.4) is 0 Å². The molecule has 0 saturated heterocycles. The summed E-state index contributed by atoms with van der Waals surface area (Å²) in [6.07, 6.45) is 0. The van der Waals surface area contributed by atoms with Gasteiger partial charge in [0, 0.05) is 16.8 Å². The molecule has 2 rings (SSSR count). The fourth-order valence-electron chi connectivity index (χ4n) is 1.84. The Balaban J connectivity index is 1.82. The first-order valence-electron chi connectivity index (χ1n) is 6.49. The van der Waals surface area contributed by atoms with Crippen molar-refractivity contribution in [1.82, 2.24) is 5.32 Å². The number of carbonyl (C=O) groups excluding carboxylic acids is 1. The van der Waals surface area contributed by atoms with Gasteiger partial charge >= 0.3 is 0 Å². The Morgan fingerprint density at radius 1 is 1.10 bits per heavy atom. The van der Waals surface area contributed by atoms with Crippen LogP contribution in [0.15, 0.2) is 54.6 Å². The van der Waals surface area contributed by atoms with Crippen molar-refractivity contribution in [3.63, 3.8) is 0 Å². The maximum atomic E-state index is 11.8. The van der Waals surface area contributed by atoms with Crippen molar-refractivity contribution >= 4 is 23.2 Å². The molecule has 2 aromatic rings. The Labute approximate surface area is 124 Å². The second-order valence-corrected chi connectivity index (χ2v) is 5.00. The highest BCUT2D eigenvalue weighted by Crippen LogP contribution is 2.13. The number of hydrogen-bond donors (Lipinski definition) is 2. The summed E-state index contributed by atoms with van der Waals surface area (Å²) in [5.41, 5.74) is 1.90. The van der Waals surface area contributed by atoms with Gasteiger partial charge in [0.05, 0.1) is 6.54 Å². The monoisotopic (exact) mass is 288 g/mol. The zero-order chi connectivity index (χ0) is 14.4. The molecule has 1 amide bonds. The molecule has 0 spiro atoms. The van der Waals surface area contributed by atoms with Gasteiger partial charge in [-0.25, -0.2) is 0 Å². The predicted molar refractivity (Wildman–Crippen MR) is 82.9 cm³/mol. The standard InChI is InChI=1S/C16H17ClN2O/c1-12(13-5-3-2-4-6-13)18-11-16(20)19-15-9-7-14(17)8-10-15/h2-10,12,18H,11H2,1H3,(H,19,20)/t12-/m0/s1. The fraction of sp³-hybridized carbons (Fsp3) is 0.188. The summed E-state index contributed by atoms with van der Waals surface area (Å²) >= 11 is 5.79. The number of halogens is 1. The summed E-state index contributed by atoms with van der Waals surface area (Å²) in [6, 6.07) is 17.2. The highest BCUT2D eigenvalue weighted by Gasteiger charge is 2.07. The number of hydrogen-bond acceptors (Lipinski definition) is 2. The molecule has 0 aliphatic heterocycles. The van der Waals surface area contributed by atoms with Crippen LogP contribution in [0.5, 0.6) is 0 Å². The lowest BCUT2D eigenvalue weighted by Gasteiger charge is -2.14. The summed E-state index contributed by atoms with van der Waals surface area (Å²) in [7, 11) is 0. The van der Waals surface area contributed by atoms with Gasteiger partial charge in [0.25, 0.3) is 0 Å². The van der Waals surface area contributed by atoms with Gasteiger partial charge in [0.15, 0.2) is 0 Å². The van der Waals surface area contributed by atoms with Crippen molar-refractivity contribution in [1.29, 1.82) is 0 Å². The largest absolute Gasteiger partial charge is 0.325 e. The van der Waals surface area contributed by atoms with Gasteiger partial charge in [-0.1, -0.05) is 41.9 Å². The molecule has 0 bridgehead atoms. The van der Waals surface area contributed by atoms with Crippen molar-refractivity contribution in [2.45, 2.75) is 13.0 Å². The van der Waals surface area contributed by atoms with E-state index in [0.29, 0.717) is 5.02 Å². The molecular formula is C16H17ClN2O. The molecular weight excluding hydrogens is 272 g/mol. The summed E-state index contributed by atoms with van der Waals surface area (Å²) in [5.74, 6) is -0.0740. The van der Waals surface area contributed by atoms with Crippen molar-refractivity contribution < 1.29 is 4.79 Å². The lowest BCUT2D eigenvalue weighted by molar-refractivity contribution is -0.115. The lowest BCUT2D eigenvalue weighted by Crippen LogP contribution is -2.30. The highest BCUT2D eigenvalue weighted by atomic mass is 35.5. The summed E-state index contributed by atoms with van der Waals surface area (Å²) in [5, 5.41) is 6.66. The molecule has 4 heteroatoms. The number of nitrogens with one attached hydrogen (secondary N) is 2. The minimum Gasteiger partial charge on any atom is -0.325 e. The quantitative estimate of drug-likeness (QED) is 0.882. The van der Waals surface area contributed by atoms with Gasteiger partial charge in [0.2, 0.25) is 5.91 Å². The zero-order valence-electron chi connectivity index (χ0n) is 11.3. The van der Waals surface area contributed by atoms with Crippen LogP contribution in [-0.4, -0.2) is 12.5 Å². The van der Waals surface area contributed by atoms with Gasteiger partial charge in [0.1, 0.15) is 0 Å². The van der Waals surface area contributed by atoms with E-state index in [2.05, 4.69) is 10.6 Å². The van der Waals surface area contributed by atoms with E-state index >= 15 is 0 Å². The van der Waals surface area contributed by atoms with E-state index < -0.39 is 0 Å². The maximum absolute atomic E-state index is 11.8. The van der Waals surface area contributed by atoms with E-state index in [-0.39, 0.29) is 18.5 Å². The minimum atomic E-state index is -0.0740. The Hall–Kier alpha value is -1.84. The Morgan fingerprint density at radius 2 is 1.75 bits per heavy atom. The fourth-order valence-corrected chi connectivity index (χ4v) is 1.97. The molecule has 1 atom stereocenters. The van der Waals surface area contributed by atoms with E-state index in [4.69, 9.17) is 11.6 Å². The average Bonchev–Trinajstić information content (AvgIpc) is 2.48. The minimum absolute atomic E-state index is 0.0740.